The van der Waals surface area contributed by atoms with E-state index < -0.39 is 0 Å². The lowest BCUT2D eigenvalue weighted by molar-refractivity contribution is 0.301. The summed E-state index contributed by atoms with van der Waals surface area (Å²) >= 11 is 0. The molecule has 0 spiro atoms. The summed E-state index contributed by atoms with van der Waals surface area (Å²) in [6, 6.07) is 21.1. The highest BCUT2D eigenvalue weighted by molar-refractivity contribution is 5.79. The van der Waals surface area contributed by atoms with Crippen LogP contribution in [0.2, 0.25) is 0 Å². The highest BCUT2D eigenvalue weighted by atomic mass is 16.5. The van der Waals surface area contributed by atoms with Gasteiger partial charge in [-0.1, -0.05) is 61.9 Å². The maximum Gasteiger partial charge on any atom is 0.273 e. The first-order chi connectivity index (χ1) is 13.3. The first-order valence-corrected chi connectivity index (χ1v) is 9.13. The normalized spacial score (nSPS) is 11.0. The fraction of sp³-hybridized carbons (Fsp3) is 0.182. The van der Waals surface area contributed by atoms with E-state index in [1.165, 1.54) is 10.6 Å². The van der Waals surface area contributed by atoms with E-state index in [-0.39, 0.29) is 12.2 Å². The number of aromatic amines is 1. The summed E-state index contributed by atoms with van der Waals surface area (Å²) in [6.07, 6.45) is 1.83. The first-order valence-electron chi connectivity index (χ1n) is 9.13. The van der Waals surface area contributed by atoms with Crippen LogP contribution in [0.4, 0.5) is 0 Å². The van der Waals surface area contributed by atoms with Crippen LogP contribution in [0.15, 0.2) is 71.5 Å². The molecule has 136 valence electrons. The van der Waals surface area contributed by atoms with E-state index in [4.69, 9.17) is 9.72 Å². The minimum absolute atomic E-state index is 0.133. The van der Waals surface area contributed by atoms with Gasteiger partial charge < -0.3 is 4.74 Å². The van der Waals surface area contributed by atoms with Crippen LogP contribution in [0, 0.1) is 0 Å². The Balaban J connectivity index is 1.79. The molecule has 5 nitrogen and oxygen atoms in total. The van der Waals surface area contributed by atoms with Gasteiger partial charge in [-0.25, -0.2) is 9.50 Å². The zero-order chi connectivity index (χ0) is 18.6. The molecule has 2 aromatic carbocycles. The van der Waals surface area contributed by atoms with Gasteiger partial charge >= 0.3 is 0 Å². The van der Waals surface area contributed by atoms with Crippen molar-refractivity contribution in [1.82, 2.24) is 14.6 Å². The summed E-state index contributed by atoms with van der Waals surface area (Å²) in [5.74, 6) is 0.753. The molecule has 0 bridgehead atoms. The van der Waals surface area contributed by atoms with Gasteiger partial charge in [0.05, 0.1) is 5.69 Å². The van der Waals surface area contributed by atoms with Crippen LogP contribution in [0.1, 0.15) is 24.7 Å². The largest absolute Gasteiger partial charge is 0.487 e. The molecule has 0 saturated carbocycles. The van der Waals surface area contributed by atoms with Crippen LogP contribution >= 0.6 is 0 Å². The average Bonchev–Trinajstić information content (AvgIpc) is 3.07. The Bertz CT molecular complexity index is 1100. The highest BCUT2D eigenvalue weighted by Crippen LogP contribution is 2.27. The van der Waals surface area contributed by atoms with E-state index in [0.717, 1.165) is 35.4 Å². The molecule has 2 heterocycles. The topological polar surface area (TPSA) is 59.4 Å². The molecule has 4 aromatic rings. The van der Waals surface area contributed by atoms with Crippen molar-refractivity contribution in [3.8, 4) is 16.9 Å². The van der Waals surface area contributed by atoms with E-state index in [2.05, 4.69) is 12.0 Å². The van der Waals surface area contributed by atoms with E-state index in [9.17, 15) is 4.79 Å². The van der Waals surface area contributed by atoms with Crippen molar-refractivity contribution < 1.29 is 4.74 Å². The van der Waals surface area contributed by atoms with Gasteiger partial charge in [0.2, 0.25) is 0 Å². The summed E-state index contributed by atoms with van der Waals surface area (Å²) < 4.78 is 7.30. The Morgan fingerprint density at radius 2 is 1.74 bits per heavy atom. The second kappa shape index (κ2) is 7.50. The molecular formula is C22H21N3O2. The predicted molar refractivity (Wildman–Crippen MR) is 106 cm³/mol. The third-order valence-electron chi connectivity index (χ3n) is 4.44. The Hall–Kier alpha value is -3.34. The van der Waals surface area contributed by atoms with Gasteiger partial charge in [-0.2, -0.15) is 0 Å². The van der Waals surface area contributed by atoms with Gasteiger partial charge in [-0.15, -0.1) is 0 Å². The van der Waals surface area contributed by atoms with Crippen LogP contribution in [0.5, 0.6) is 5.75 Å². The summed E-state index contributed by atoms with van der Waals surface area (Å²) in [4.78, 5) is 17.4. The SMILES string of the molecule is CCCc1[nH]n2c(=O)cc(COc3ccccc3)nc2c1-c1ccccc1. The Kier molecular flexibility index (Phi) is 4.75. The molecule has 0 amide bonds. The zero-order valence-electron chi connectivity index (χ0n) is 15.2. The number of hydrogen-bond donors (Lipinski definition) is 1. The van der Waals surface area contributed by atoms with Gasteiger partial charge in [-0.3, -0.25) is 9.89 Å². The number of ether oxygens (including phenoxy) is 1. The molecule has 0 aliphatic rings. The van der Waals surface area contributed by atoms with Crippen molar-refractivity contribution in [2.24, 2.45) is 0 Å². The Labute approximate surface area is 157 Å². The van der Waals surface area contributed by atoms with Crippen LogP contribution in [0.25, 0.3) is 16.8 Å². The van der Waals surface area contributed by atoms with E-state index in [1.807, 2.05) is 60.7 Å². The number of H-pyrrole nitrogens is 1. The molecule has 4 rings (SSSR count). The van der Waals surface area contributed by atoms with Crippen molar-refractivity contribution in [2.75, 3.05) is 0 Å². The summed E-state index contributed by atoms with van der Waals surface area (Å²) in [7, 11) is 0. The van der Waals surface area contributed by atoms with Crippen LogP contribution < -0.4 is 10.3 Å². The smallest absolute Gasteiger partial charge is 0.273 e. The lowest BCUT2D eigenvalue weighted by Gasteiger charge is -2.06. The fourth-order valence-electron chi connectivity index (χ4n) is 3.22. The third kappa shape index (κ3) is 3.49. The van der Waals surface area contributed by atoms with Crippen molar-refractivity contribution in [1.29, 1.82) is 0 Å². The van der Waals surface area contributed by atoms with Crippen molar-refractivity contribution in [3.63, 3.8) is 0 Å². The average molecular weight is 359 g/mol. The minimum atomic E-state index is -0.133. The third-order valence-corrected chi connectivity index (χ3v) is 4.44. The molecule has 0 radical (unpaired) electrons. The number of nitrogens with zero attached hydrogens (tertiary/aromatic N) is 2. The lowest BCUT2D eigenvalue weighted by atomic mass is 10.0. The number of aromatic nitrogens is 3. The van der Waals surface area contributed by atoms with Gasteiger partial charge in [0.1, 0.15) is 12.4 Å². The fourth-order valence-corrected chi connectivity index (χ4v) is 3.22. The number of para-hydroxylation sites is 1. The Morgan fingerprint density at radius 3 is 2.44 bits per heavy atom. The first kappa shape index (κ1) is 17.1. The lowest BCUT2D eigenvalue weighted by Crippen LogP contribution is -2.16. The van der Waals surface area contributed by atoms with E-state index >= 15 is 0 Å². The van der Waals surface area contributed by atoms with Gasteiger partial charge in [-0.05, 0) is 24.1 Å². The molecule has 0 aliphatic heterocycles. The van der Waals surface area contributed by atoms with Gasteiger partial charge in [0.25, 0.3) is 5.56 Å². The highest BCUT2D eigenvalue weighted by Gasteiger charge is 2.16. The summed E-state index contributed by atoms with van der Waals surface area (Å²) in [5.41, 5.74) is 4.18. The monoisotopic (exact) mass is 359 g/mol. The van der Waals surface area contributed by atoms with Crippen LogP contribution in [-0.2, 0) is 13.0 Å². The predicted octanol–water partition coefficient (Wildman–Crippen LogP) is 4.22. The molecule has 2 aromatic heterocycles. The molecule has 5 heteroatoms. The minimum Gasteiger partial charge on any atom is -0.487 e. The van der Waals surface area contributed by atoms with Crippen LogP contribution in [-0.4, -0.2) is 14.6 Å². The molecular weight excluding hydrogens is 338 g/mol. The molecule has 0 atom stereocenters. The number of aryl methyl sites for hydroxylation is 1. The number of rotatable bonds is 6. The van der Waals surface area contributed by atoms with Crippen molar-refractivity contribution in [2.45, 2.75) is 26.4 Å². The molecule has 0 saturated heterocycles. The number of fused-ring (bicyclic) bond motifs is 1. The summed E-state index contributed by atoms with van der Waals surface area (Å²) in [5, 5.41) is 3.23. The van der Waals surface area contributed by atoms with Crippen molar-refractivity contribution in [3.05, 3.63) is 88.5 Å². The zero-order valence-corrected chi connectivity index (χ0v) is 15.2. The molecule has 0 unspecified atom stereocenters. The standard InChI is InChI=1S/C22H21N3O2/c1-2-9-19-21(16-10-5-3-6-11-16)22-23-17(14-20(26)25(22)24-19)15-27-18-12-7-4-8-13-18/h3-8,10-14,24H,2,9,15H2,1H3. The second-order valence-corrected chi connectivity index (χ2v) is 6.43. The molecule has 0 fully saturated rings. The molecule has 0 aliphatic carbocycles. The van der Waals surface area contributed by atoms with E-state index in [0.29, 0.717) is 11.3 Å². The van der Waals surface area contributed by atoms with Gasteiger partial charge in [0, 0.05) is 17.3 Å². The maximum absolute atomic E-state index is 12.6. The maximum atomic E-state index is 12.6. The number of nitrogens with one attached hydrogen (secondary N) is 1. The van der Waals surface area contributed by atoms with E-state index in [1.54, 1.807) is 0 Å². The molecule has 27 heavy (non-hydrogen) atoms. The number of hydrogen-bond acceptors (Lipinski definition) is 3. The summed E-state index contributed by atoms with van der Waals surface area (Å²) in [6.45, 7) is 2.37. The van der Waals surface area contributed by atoms with Crippen LogP contribution in [0.3, 0.4) is 0 Å². The van der Waals surface area contributed by atoms with Crippen molar-refractivity contribution >= 4 is 5.65 Å². The number of benzene rings is 2. The Morgan fingerprint density at radius 1 is 1.04 bits per heavy atom. The quantitative estimate of drug-likeness (QED) is 0.561. The molecule has 1 N–H and O–H groups in total. The second-order valence-electron chi connectivity index (χ2n) is 6.43. The van der Waals surface area contributed by atoms with Gasteiger partial charge in [0.15, 0.2) is 5.65 Å².